The van der Waals surface area contributed by atoms with E-state index in [1.165, 1.54) is 0 Å². The fraction of sp³-hybridized carbons (Fsp3) is 0. The molecule has 0 bridgehead atoms. The van der Waals surface area contributed by atoms with E-state index in [4.69, 9.17) is 26.6 Å². The van der Waals surface area contributed by atoms with E-state index >= 15 is 0 Å². The van der Waals surface area contributed by atoms with Crippen LogP contribution in [0.25, 0.3) is 0 Å². The second-order valence-corrected chi connectivity index (χ2v) is 2.41. The third-order valence-corrected chi connectivity index (χ3v) is 0.566. The first-order chi connectivity index (χ1) is 6.46. The summed E-state index contributed by atoms with van der Waals surface area (Å²) in [5, 5.41) is 0. The molecule has 1 aromatic rings. The summed E-state index contributed by atoms with van der Waals surface area (Å²) in [6, 6.07) is 5.72. The summed E-state index contributed by atoms with van der Waals surface area (Å²) >= 11 is -5.22. The van der Waals surface area contributed by atoms with Gasteiger partial charge in [0, 0.05) is 12.4 Å². The second kappa shape index (κ2) is 12.3. The van der Waals surface area contributed by atoms with Crippen LogP contribution in [0.1, 0.15) is 0 Å². The summed E-state index contributed by atoms with van der Waals surface area (Å²) in [5.74, 6) is 0. The highest BCUT2D eigenvalue weighted by atomic mass is 32.2. The van der Waals surface area contributed by atoms with Crippen LogP contribution in [-0.4, -0.2) is 31.6 Å². The average Bonchev–Trinajstić information content (AvgIpc) is 2.05. The molecule has 7 nitrogen and oxygen atoms in total. The van der Waals surface area contributed by atoms with Crippen molar-refractivity contribution in [3.8, 4) is 0 Å². The van der Waals surface area contributed by atoms with Crippen LogP contribution < -0.4 is 0 Å². The maximum Gasteiger partial charge on any atom is 0.299 e. The van der Waals surface area contributed by atoms with Crippen molar-refractivity contribution >= 4 is 22.7 Å². The number of aromatic nitrogens is 1. The Morgan fingerprint density at radius 1 is 0.786 bits per heavy atom. The molecule has 14 heavy (non-hydrogen) atoms. The molecule has 1 rings (SSSR count). The van der Waals surface area contributed by atoms with Crippen molar-refractivity contribution in [2.75, 3.05) is 0 Å². The van der Waals surface area contributed by atoms with Gasteiger partial charge >= 0.3 is 0 Å². The van der Waals surface area contributed by atoms with Gasteiger partial charge in [-0.25, -0.2) is 0 Å². The van der Waals surface area contributed by atoms with Crippen molar-refractivity contribution < 1.29 is 26.6 Å². The molecule has 0 aromatic carbocycles. The van der Waals surface area contributed by atoms with E-state index in [0.717, 1.165) is 0 Å². The maximum absolute atomic E-state index is 8.67. The summed E-state index contributed by atoms with van der Waals surface area (Å²) in [7, 11) is 0. The Kier molecular flexibility index (Phi) is 13.8. The van der Waals surface area contributed by atoms with Crippen molar-refractivity contribution in [2.24, 2.45) is 0 Å². The first-order valence-electron chi connectivity index (χ1n) is 2.91. The summed E-state index contributed by atoms with van der Waals surface area (Å²) in [6.07, 6.45) is 3.50. The van der Waals surface area contributed by atoms with Crippen molar-refractivity contribution in [3.63, 3.8) is 0 Å². The van der Waals surface area contributed by atoms with Gasteiger partial charge in [-0.2, -0.15) is 8.42 Å². The number of rotatable bonds is 0. The Morgan fingerprint density at radius 2 is 1.07 bits per heavy atom. The molecule has 0 spiro atoms. The number of hydrogen-bond donors (Lipinski definition) is 4. The van der Waals surface area contributed by atoms with E-state index < -0.39 is 22.7 Å². The lowest BCUT2D eigenvalue weighted by Crippen LogP contribution is -1.74. The molecule has 4 N–H and O–H groups in total. The molecule has 0 atom stereocenters. The zero-order valence-corrected chi connectivity index (χ0v) is 8.39. The van der Waals surface area contributed by atoms with Gasteiger partial charge in [-0.3, -0.25) is 23.2 Å². The molecule has 0 aliphatic rings. The van der Waals surface area contributed by atoms with E-state index in [0.29, 0.717) is 0 Å². The standard InChI is InChI=1S/C5H5N.2H2O3S/c1-2-4-6-5-3-1;2*1-4(2)3/h1-5H;2*(H2,1,2,3). The van der Waals surface area contributed by atoms with Crippen LogP contribution >= 0.6 is 0 Å². The number of pyridine rings is 1. The minimum atomic E-state index is -2.61. The van der Waals surface area contributed by atoms with Crippen LogP contribution in [0.5, 0.6) is 0 Å². The third kappa shape index (κ3) is 42.7. The summed E-state index contributed by atoms with van der Waals surface area (Å²) < 4.78 is 45.7. The summed E-state index contributed by atoms with van der Waals surface area (Å²) in [4.78, 5) is 3.78. The molecule has 0 radical (unpaired) electrons. The molecule has 0 saturated heterocycles. The van der Waals surface area contributed by atoms with Crippen molar-refractivity contribution in [2.45, 2.75) is 0 Å². The molecule has 0 aliphatic carbocycles. The summed E-state index contributed by atoms with van der Waals surface area (Å²) in [5.41, 5.74) is 0. The molecule has 0 saturated carbocycles. The molecule has 0 unspecified atom stereocenters. The quantitative estimate of drug-likeness (QED) is 0.487. The topological polar surface area (TPSA) is 128 Å². The fourth-order valence-electron chi connectivity index (χ4n) is 0.313. The first-order valence-corrected chi connectivity index (χ1v) is 5.04. The highest BCUT2D eigenvalue weighted by Crippen LogP contribution is 1.73. The predicted molar refractivity (Wildman–Crippen MR) is 51.0 cm³/mol. The average molecular weight is 243 g/mol. The van der Waals surface area contributed by atoms with Gasteiger partial charge in [0.15, 0.2) is 0 Å². The van der Waals surface area contributed by atoms with Gasteiger partial charge in [0.1, 0.15) is 0 Å². The fourth-order valence-corrected chi connectivity index (χ4v) is 0.313. The first kappa shape index (κ1) is 15.7. The minimum absolute atomic E-state index is 1.75. The predicted octanol–water partition coefficient (Wildman–Crippen LogP) is 0.444. The highest BCUT2D eigenvalue weighted by Gasteiger charge is 1.63. The van der Waals surface area contributed by atoms with Crippen LogP contribution in [0.4, 0.5) is 0 Å². The Morgan fingerprint density at radius 3 is 1.14 bits per heavy atom. The Bertz CT molecular complexity index is 209. The molecule has 1 heterocycles. The lowest BCUT2D eigenvalue weighted by Gasteiger charge is -1.70. The molecular weight excluding hydrogens is 234 g/mol. The molecule has 1 aromatic heterocycles. The van der Waals surface area contributed by atoms with Gasteiger partial charge in [-0.1, -0.05) is 6.07 Å². The van der Waals surface area contributed by atoms with Crippen LogP contribution in [0.3, 0.4) is 0 Å². The Balaban J connectivity index is 0. The van der Waals surface area contributed by atoms with Crippen LogP contribution in [0.15, 0.2) is 30.6 Å². The van der Waals surface area contributed by atoms with Gasteiger partial charge < -0.3 is 0 Å². The van der Waals surface area contributed by atoms with Crippen molar-refractivity contribution in [1.82, 2.24) is 4.98 Å². The van der Waals surface area contributed by atoms with E-state index in [2.05, 4.69) is 4.98 Å². The Labute approximate surface area is 85.4 Å². The van der Waals surface area contributed by atoms with Crippen LogP contribution in [0.2, 0.25) is 0 Å². The minimum Gasteiger partial charge on any atom is -0.284 e. The van der Waals surface area contributed by atoms with E-state index in [-0.39, 0.29) is 0 Å². The number of hydrogen-bond acceptors (Lipinski definition) is 3. The highest BCUT2D eigenvalue weighted by molar-refractivity contribution is 7.73. The normalized spacial score (nSPS) is 8.43. The Hall–Kier alpha value is -0.710. The molecular formula is C5H9NO6S2. The molecule has 82 valence electrons. The summed E-state index contributed by atoms with van der Waals surface area (Å²) in [6.45, 7) is 0. The van der Waals surface area contributed by atoms with Gasteiger partial charge in [0.05, 0.1) is 0 Å². The van der Waals surface area contributed by atoms with E-state index in [1.807, 2.05) is 18.2 Å². The maximum atomic E-state index is 8.67. The van der Waals surface area contributed by atoms with Crippen molar-refractivity contribution in [1.29, 1.82) is 0 Å². The molecule has 9 heteroatoms. The van der Waals surface area contributed by atoms with E-state index in [1.54, 1.807) is 12.4 Å². The zero-order chi connectivity index (χ0) is 11.4. The van der Waals surface area contributed by atoms with Crippen LogP contribution in [-0.2, 0) is 22.7 Å². The lowest BCUT2D eigenvalue weighted by molar-refractivity contribution is 0.452. The lowest BCUT2D eigenvalue weighted by atomic mass is 10.5. The van der Waals surface area contributed by atoms with Gasteiger partial charge in [-0.15, -0.1) is 0 Å². The molecule has 0 amide bonds. The largest absolute Gasteiger partial charge is 0.299 e. The van der Waals surface area contributed by atoms with Crippen LogP contribution in [0, 0.1) is 0 Å². The van der Waals surface area contributed by atoms with E-state index in [9.17, 15) is 0 Å². The molecule has 0 aliphatic heterocycles. The monoisotopic (exact) mass is 243 g/mol. The van der Waals surface area contributed by atoms with Gasteiger partial charge in [0.2, 0.25) is 0 Å². The number of nitrogens with zero attached hydrogens (tertiary/aromatic N) is 1. The smallest absolute Gasteiger partial charge is 0.284 e. The van der Waals surface area contributed by atoms with Gasteiger partial charge in [-0.05, 0) is 12.1 Å². The van der Waals surface area contributed by atoms with Gasteiger partial charge in [0.25, 0.3) is 22.7 Å². The third-order valence-electron chi connectivity index (χ3n) is 0.566. The SMILES string of the molecule is O=S(O)O.O=S(O)O.c1ccncc1. The van der Waals surface area contributed by atoms with Crippen molar-refractivity contribution in [3.05, 3.63) is 30.6 Å². The zero-order valence-electron chi connectivity index (χ0n) is 6.76. The molecule has 0 fully saturated rings. The second-order valence-electron chi connectivity index (χ2n) is 1.49.